The van der Waals surface area contributed by atoms with Gasteiger partial charge in [-0.05, 0) is 25.3 Å². The van der Waals surface area contributed by atoms with Gasteiger partial charge in [-0.25, -0.2) is 9.97 Å². The summed E-state index contributed by atoms with van der Waals surface area (Å²) in [6.45, 7) is 5.41. The van der Waals surface area contributed by atoms with Crippen LogP contribution in [0.3, 0.4) is 0 Å². The second-order valence-electron chi connectivity index (χ2n) is 7.38. The molecule has 136 valence electrons. The van der Waals surface area contributed by atoms with Gasteiger partial charge >= 0.3 is 0 Å². The topological polar surface area (TPSA) is 58.1 Å². The highest BCUT2D eigenvalue weighted by Crippen LogP contribution is 2.28. The fourth-order valence-electron chi connectivity index (χ4n) is 3.99. The average molecular weight is 350 g/mol. The van der Waals surface area contributed by atoms with Crippen LogP contribution < -0.4 is 5.32 Å². The van der Waals surface area contributed by atoms with E-state index in [-0.39, 0.29) is 17.7 Å². The van der Waals surface area contributed by atoms with Crippen molar-refractivity contribution in [3.8, 4) is 0 Å². The van der Waals surface area contributed by atoms with Crippen molar-refractivity contribution in [1.29, 1.82) is 0 Å². The molecule has 0 bridgehead atoms. The number of hydrogen-bond acceptors (Lipinski definition) is 4. The molecule has 0 radical (unpaired) electrons. The van der Waals surface area contributed by atoms with Crippen molar-refractivity contribution in [2.24, 2.45) is 0 Å². The zero-order valence-corrected chi connectivity index (χ0v) is 15.3. The van der Waals surface area contributed by atoms with E-state index in [0.717, 1.165) is 56.8 Å². The Hall–Kier alpha value is -2.27. The van der Waals surface area contributed by atoms with Crippen LogP contribution in [0.1, 0.15) is 54.2 Å². The summed E-state index contributed by atoms with van der Waals surface area (Å²) in [6, 6.07) is 10.0. The number of amides is 1. The number of likely N-dealkylation sites (tertiary alicyclic amines) is 1. The Kier molecular flexibility index (Phi) is 4.98. The zero-order chi connectivity index (χ0) is 17.9. The minimum absolute atomic E-state index is 0.106. The van der Waals surface area contributed by atoms with E-state index in [9.17, 15) is 4.79 Å². The summed E-state index contributed by atoms with van der Waals surface area (Å²) in [6.07, 6.45) is 5.00. The van der Waals surface area contributed by atoms with E-state index in [2.05, 4.69) is 10.3 Å². The normalized spacial score (nSPS) is 21.1. The van der Waals surface area contributed by atoms with E-state index in [1.54, 1.807) is 0 Å². The van der Waals surface area contributed by atoms with Crippen molar-refractivity contribution in [3.63, 3.8) is 0 Å². The summed E-state index contributed by atoms with van der Waals surface area (Å²) in [7, 11) is 0. The fourth-order valence-corrected chi connectivity index (χ4v) is 3.99. The minimum Gasteiger partial charge on any atom is -0.341 e. The summed E-state index contributed by atoms with van der Waals surface area (Å²) < 4.78 is 0. The molecule has 1 aromatic carbocycles. The molecule has 4 rings (SSSR count). The molecule has 2 aliphatic rings. The lowest BCUT2D eigenvalue weighted by Gasteiger charge is -2.34. The third kappa shape index (κ3) is 3.49. The van der Waals surface area contributed by atoms with Crippen LogP contribution in [0.2, 0.25) is 0 Å². The second-order valence-corrected chi connectivity index (χ2v) is 7.38. The minimum atomic E-state index is -0.106. The van der Waals surface area contributed by atoms with Gasteiger partial charge in [-0.3, -0.25) is 4.79 Å². The van der Waals surface area contributed by atoms with E-state index in [0.29, 0.717) is 0 Å². The highest BCUT2D eigenvalue weighted by atomic mass is 16.2. The quantitative estimate of drug-likeness (QED) is 0.924. The molecule has 5 heteroatoms. The number of carbonyl (C=O) groups excluding carboxylic acids is 1. The van der Waals surface area contributed by atoms with Crippen molar-refractivity contribution < 1.29 is 4.79 Å². The first-order valence-corrected chi connectivity index (χ1v) is 9.61. The summed E-state index contributed by atoms with van der Waals surface area (Å²) in [5.74, 6) is 1.26. The Labute approximate surface area is 154 Å². The monoisotopic (exact) mass is 350 g/mol. The molecular weight excluding hydrogens is 324 g/mol. The number of nitrogens with one attached hydrogen (secondary N) is 1. The van der Waals surface area contributed by atoms with Gasteiger partial charge < -0.3 is 10.2 Å². The Morgan fingerprint density at radius 1 is 1.31 bits per heavy atom. The van der Waals surface area contributed by atoms with Crippen LogP contribution in [0, 0.1) is 0 Å². The molecule has 1 amide bonds. The fraction of sp³-hybridized carbons (Fsp3) is 0.476. The molecule has 1 aromatic heterocycles. The number of benzene rings is 1. The number of carbonyl (C=O) groups is 1. The first-order valence-electron chi connectivity index (χ1n) is 9.61. The third-order valence-corrected chi connectivity index (χ3v) is 5.60. The standard InChI is InChI=1S/C21H26N4O/c1-15(16-6-3-2-4-7-16)21(26)25-11-5-8-17(14-25)20-23-13-18-12-22-10-9-19(18)24-20/h2-4,6-7,13,15,17,22H,5,8-12,14H2,1H3/t15-,17+/m1/s1. The third-order valence-electron chi connectivity index (χ3n) is 5.60. The van der Waals surface area contributed by atoms with Gasteiger partial charge in [0.2, 0.25) is 5.91 Å². The predicted molar refractivity (Wildman–Crippen MR) is 101 cm³/mol. The highest BCUT2D eigenvalue weighted by molar-refractivity contribution is 5.83. The molecule has 0 aliphatic carbocycles. The number of rotatable bonds is 3. The van der Waals surface area contributed by atoms with Gasteiger partial charge in [-0.1, -0.05) is 30.3 Å². The van der Waals surface area contributed by atoms with Crippen LogP contribution in [0.5, 0.6) is 0 Å². The zero-order valence-electron chi connectivity index (χ0n) is 15.3. The lowest BCUT2D eigenvalue weighted by Crippen LogP contribution is -2.41. The molecule has 2 aliphatic heterocycles. The van der Waals surface area contributed by atoms with E-state index >= 15 is 0 Å². The van der Waals surface area contributed by atoms with E-state index in [1.165, 1.54) is 11.3 Å². The molecule has 1 saturated heterocycles. The number of aromatic nitrogens is 2. The SMILES string of the molecule is C[C@@H](C(=O)N1CCC[C@H](c2ncc3c(n2)CCNC3)C1)c1ccccc1. The van der Waals surface area contributed by atoms with Crippen LogP contribution in [-0.4, -0.2) is 40.4 Å². The Balaban J connectivity index is 1.48. The van der Waals surface area contributed by atoms with Gasteiger partial charge in [0, 0.05) is 56.0 Å². The Morgan fingerprint density at radius 3 is 3.00 bits per heavy atom. The maximum Gasteiger partial charge on any atom is 0.229 e. The molecule has 1 N–H and O–H groups in total. The Morgan fingerprint density at radius 2 is 2.15 bits per heavy atom. The molecule has 0 spiro atoms. The van der Waals surface area contributed by atoms with Crippen molar-refractivity contribution >= 4 is 5.91 Å². The van der Waals surface area contributed by atoms with Crippen molar-refractivity contribution in [3.05, 3.63) is 59.2 Å². The van der Waals surface area contributed by atoms with Gasteiger partial charge in [0.05, 0.1) is 5.92 Å². The predicted octanol–water partition coefficient (Wildman–Crippen LogP) is 2.63. The second kappa shape index (κ2) is 7.54. The molecular formula is C21H26N4O. The molecule has 2 aromatic rings. The maximum absolute atomic E-state index is 13.0. The highest BCUT2D eigenvalue weighted by Gasteiger charge is 2.30. The number of nitrogens with zero attached hydrogens (tertiary/aromatic N) is 3. The van der Waals surface area contributed by atoms with Crippen molar-refractivity contribution in [1.82, 2.24) is 20.2 Å². The summed E-state index contributed by atoms with van der Waals surface area (Å²) in [5.41, 5.74) is 3.47. The number of piperidine rings is 1. The lowest BCUT2D eigenvalue weighted by atomic mass is 9.93. The molecule has 26 heavy (non-hydrogen) atoms. The van der Waals surface area contributed by atoms with Gasteiger partial charge in [0.1, 0.15) is 5.82 Å². The van der Waals surface area contributed by atoms with E-state index < -0.39 is 0 Å². The largest absolute Gasteiger partial charge is 0.341 e. The van der Waals surface area contributed by atoms with Crippen LogP contribution in [0.25, 0.3) is 0 Å². The summed E-state index contributed by atoms with van der Waals surface area (Å²) in [4.78, 5) is 24.5. The van der Waals surface area contributed by atoms with Gasteiger partial charge in [0.25, 0.3) is 0 Å². The lowest BCUT2D eigenvalue weighted by molar-refractivity contribution is -0.133. The first kappa shape index (κ1) is 17.2. The number of fused-ring (bicyclic) bond motifs is 1. The van der Waals surface area contributed by atoms with Crippen molar-refractivity contribution in [2.45, 2.75) is 44.6 Å². The van der Waals surface area contributed by atoms with Gasteiger partial charge in [-0.2, -0.15) is 0 Å². The smallest absolute Gasteiger partial charge is 0.229 e. The van der Waals surface area contributed by atoms with E-state index in [4.69, 9.17) is 4.98 Å². The molecule has 0 saturated carbocycles. The van der Waals surface area contributed by atoms with Crippen LogP contribution in [0.15, 0.2) is 36.5 Å². The summed E-state index contributed by atoms with van der Waals surface area (Å²) >= 11 is 0. The summed E-state index contributed by atoms with van der Waals surface area (Å²) in [5, 5.41) is 3.36. The van der Waals surface area contributed by atoms with E-state index in [1.807, 2.05) is 48.4 Å². The molecule has 2 atom stereocenters. The number of hydrogen-bond donors (Lipinski definition) is 1. The van der Waals surface area contributed by atoms with Crippen LogP contribution in [-0.2, 0) is 17.8 Å². The van der Waals surface area contributed by atoms with Crippen LogP contribution >= 0.6 is 0 Å². The Bertz CT molecular complexity index is 777. The van der Waals surface area contributed by atoms with Gasteiger partial charge in [-0.15, -0.1) is 0 Å². The molecule has 3 heterocycles. The molecule has 5 nitrogen and oxygen atoms in total. The van der Waals surface area contributed by atoms with Crippen molar-refractivity contribution in [2.75, 3.05) is 19.6 Å². The van der Waals surface area contributed by atoms with Gasteiger partial charge in [0.15, 0.2) is 0 Å². The van der Waals surface area contributed by atoms with Crippen LogP contribution in [0.4, 0.5) is 0 Å². The first-order chi connectivity index (χ1) is 12.7. The maximum atomic E-state index is 13.0. The molecule has 1 fully saturated rings. The molecule has 0 unspecified atom stereocenters. The average Bonchev–Trinajstić information content (AvgIpc) is 2.73.